The van der Waals surface area contributed by atoms with Crippen molar-refractivity contribution >= 4 is 0 Å². The highest BCUT2D eigenvalue weighted by atomic mass is 17.1. The molecule has 56 valence electrons. The van der Waals surface area contributed by atoms with Gasteiger partial charge in [0, 0.05) is 0 Å². The largest absolute Gasteiger partial charge is 0.393 e. The predicted octanol–water partition coefficient (Wildman–Crippen LogP) is 1.03. The molecule has 0 heterocycles. The van der Waals surface area contributed by atoms with Gasteiger partial charge in [-0.05, 0) is 26.2 Å². The second-order valence-corrected chi connectivity index (χ2v) is 2.18. The van der Waals surface area contributed by atoms with Crippen molar-refractivity contribution in [2.75, 3.05) is 6.61 Å². The van der Waals surface area contributed by atoms with Crippen molar-refractivity contribution in [3.05, 3.63) is 0 Å². The molecule has 0 radical (unpaired) electrons. The van der Waals surface area contributed by atoms with E-state index in [0.29, 0.717) is 6.61 Å². The van der Waals surface area contributed by atoms with Gasteiger partial charge in [-0.2, -0.15) is 0 Å². The molecule has 0 aliphatic heterocycles. The molecular weight excluding hydrogens is 120 g/mol. The van der Waals surface area contributed by atoms with Crippen LogP contribution in [-0.2, 0) is 4.89 Å². The van der Waals surface area contributed by atoms with Gasteiger partial charge < -0.3 is 5.11 Å². The lowest BCUT2D eigenvalue weighted by atomic mass is 10.2. The summed E-state index contributed by atoms with van der Waals surface area (Å²) in [6.07, 6.45) is 2.26. The monoisotopic (exact) mass is 134 g/mol. The first-order valence-corrected chi connectivity index (χ1v) is 3.22. The summed E-state index contributed by atoms with van der Waals surface area (Å²) in [5, 5.41) is 16.6. The van der Waals surface area contributed by atoms with E-state index in [1.54, 1.807) is 6.92 Å². The van der Waals surface area contributed by atoms with E-state index < -0.39 is 0 Å². The Kier molecular flexibility index (Phi) is 5.93. The topological polar surface area (TPSA) is 49.7 Å². The SMILES string of the molecule is CC(O)CCCCOO. The molecule has 3 nitrogen and oxygen atoms in total. The zero-order valence-electron chi connectivity index (χ0n) is 5.71. The zero-order chi connectivity index (χ0) is 7.11. The Morgan fingerprint density at radius 1 is 1.44 bits per heavy atom. The molecule has 0 amide bonds. The molecule has 0 aromatic carbocycles. The molecule has 1 unspecified atom stereocenters. The maximum atomic E-state index is 8.75. The van der Waals surface area contributed by atoms with E-state index in [1.165, 1.54) is 0 Å². The highest BCUT2D eigenvalue weighted by molar-refractivity contribution is 4.46. The molecule has 0 spiro atoms. The first kappa shape index (κ1) is 8.88. The number of hydrogen-bond donors (Lipinski definition) is 2. The summed E-state index contributed by atoms with van der Waals surface area (Å²) in [7, 11) is 0. The van der Waals surface area contributed by atoms with Crippen molar-refractivity contribution in [3.8, 4) is 0 Å². The minimum absolute atomic E-state index is 0.233. The van der Waals surface area contributed by atoms with Crippen LogP contribution in [0.3, 0.4) is 0 Å². The number of hydrogen-bond acceptors (Lipinski definition) is 3. The van der Waals surface area contributed by atoms with E-state index in [-0.39, 0.29) is 6.10 Å². The van der Waals surface area contributed by atoms with Crippen LogP contribution >= 0.6 is 0 Å². The van der Waals surface area contributed by atoms with Gasteiger partial charge in [-0.15, -0.1) is 0 Å². The predicted molar refractivity (Wildman–Crippen MR) is 34.1 cm³/mol. The van der Waals surface area contributed by atoms with Crippen LogP contribution in [0.1, 0.15) is 26.2 Å². The molecule has 0 bridgehead atoms. The standard InChI is InChI=1S/C6H14O3/c1-6(7)4-2-3-5-9-8/h6-8H,2-5H2,1H3. The van der Waals surface area contributed by atoms with E-state index in [0.717, 1.165) is 19.3 Å². The average molecular weight is 134 g/mol. The Bertz CT molecular complexity index is 54.3. The molecule has 0 aromatic rings. The third-order valence-corrected chi connectivity index (χ3v) is 1.11. The number of aliphatic hydroxyl groups excluding tert-OH is 1. The lowest BCUT2D eigenvalue weighted by Gasteiger charge is -2.00. The Morgan fingerprint density at radius 2 is 2.11 bits per heavy atom. The van der Waals surface area contributed by atoms with E-state index in [1.807, 2.05) is 0 Å². The Labute approximate surface area is 55.2 Å². The number of unbranched alkanes of at least 4 members (excludes halogenated alkanes) is 1. The fourth-order valence-corrected chi connectivity index (χ4v) is 0.606. The summed E-state index contributed by atoms with van der Waals surface area (Å²) < 4.78 is 0. The van der Waals surface area contributed by atoms with Crippen LogP contribution in [0.25, 0.3) is 0 Å². The van der Waals surface area contributed by atoms with Crippen molar-refractivity contribution in [2.24, 2.45) is 0 Å². The molecule has 3 heteroatoms. The molecular formula is C6H14O3. The van der Waals surface area contributed by atoms with Crippen molar-refractivity contribution in [2.45, 2.75) is 32.3 Å². The van der Waals surface area contributed by atoms with E-state index >= 15 is 0 Å². The first-order chi connectivity index (χ1) is 4.27. The van der Waals surface area contributed by atoms with Gasteiger partial charge in [0.15, 0.2) is 0 Å². The minimum atomic E-state index is -0.233. The van der Waals surface area contributed by atoms with Crippen molar-refractivity contribution < 1.29 is 15.3 Å². The zero-order valence-corrected chi connectivity index (χ0v) is 5.71. The van der Waals surface area contributed by atoms with E-state index in [2.05, 4.69) is 4.89 Å². The Morgan fingerprint density at radius 3 is 2.56 bits per heavy atom. The smallest absolute Gasteiger partial charge is 0.0819 e. The average Bonchev–Trinajstić information content (AvgIpc) is 1.80. The van der Waals surface area contributed by atoms with Gasteiger partial charge in [0.2, 0.25) is 0 Å². The Balaban J connectivity index is 2.75. The van der Waals surface area contributed by atoms with Crippen LogP contribution in [0.2, 0.25) is 0 Å². The first-order valence-electron chi connectivity index (χ1n) is 3.22. The second kappa shape index (κ2) is 6.01. The summed E-state index contributed by atoms with van der Waals surface area (Å²) in [5.41, 5.74) is 0. The fourth-order valence-electron chi connectivity index (χ4n) is 0.606. The summed E-state index contributed by atoms with van der Waals surface area (Å²) in [6.45, 7) is 2.12. The molecule has 0 saturated carbocycles. The van der Waals surface area contributed by atoms with Gasteiger partial charge in [-0.1, -0.05) is 0 Å². The van der Waals surface area contributed by atoms with Crippen LogP contribution in [0.4, 0.5) is 0 Å². The molecule has 0 aromatic heterocycles. The van der Waals surface area contributed by atoms with Gasteiger partial charge in [0.1, 0.15) is 0 Å². The van der Waals surface area contributed by atoms with Gasteiger partial charge in [0.25, 0.3) is 0 Å². The van der Waals surface area contributed by atoms with E-state index in [4.69, 9.17) is 10.4 Å². The van der Waals surface area contributed by atoms with Crippen LogP contribution < -0.4 is 0 Å². The third-order valence-electron chi connectivity index (χ3n) is 1.11. The summed E-state index contributed by atoms with van der Waals surface area (Å²) in [5.74, 6) is 0. The van der Waals surface area contributed by atoms with Gasteiger partial charge >= 0.3 is 0 Å². The van der Waals surface area contributed by atoms with Crippen LogP contribution in [0.15, 0.2) is 0 Å². The maximum Gasteiger partial charge on any atom is 0.0819 e. The minimum Gasteiger partial charge on any atom is -0.393 e. The van der Waals surface area contributed by atoms with Crippen molar-refractivity contribution in [1.82, 2.24) is 0 Å². The molecule has 1 atom stereocenters. The van der Waals surface area contributed by atoms with E-state index in [9.17, 15) is 0 Å². The lowest BCUT2D eigenvalue weighted by Crippen LogP contribution is -1.99. The summed E-state index contributed by atoms with van der Waals surface area (Å²) >= 11 is 0. The highest BCUT2D eigenvalue weighted by Gasteiger charge is 1.93. The highest BCUT2D eigenvalue weighted by Crippen LogP contribution is 1.98. The summed E-state index contributed by atoms with van der Waals surface area (Å²) in [4.78, 5) is 3.84. The van der Waals surface area contributed by atoms with Crippen molar-refractivity contribution in [3.63, 3.8) is 0 Å². The summed E-state index contributed by atoms with van der Waals surface area (Å²) in [6, 6.07) is 0. The lowest BCUT2D eigenvalue weighted by molar-refractivity contribution is -0.242. The maximum absolute atomic E-state index is 8.75. The molecule has 9 heavy (non-hydrogen) atoms. The molecule has 2 N–H and O–H groups in total. The molecule has 0 saturated heterocycles. The number of aliphatic hydroxyl groups is 1. The fraction of sp³-hybridized carbons (Fsp3) is 1.00. The van der Waals surface area contributed by atoms with Gasteiger partial charge in [-0.3, -0.25) is 5.26 Å². The second-order valence-electron chi connectivity index (χ2n) is 2.18. The quantitative estimate of drug-likeness (QED) is 0.335. The van der Waals surface area contributed by atoms with Crippen LogP contribution in [-0.4, -0.2) is 23.1 Å². The molecule has 0 fully saturated rings. The molecule has 0 aliphatic rings. The van der Waals surface area contributed by atoms with Crippen LogP contribution in [0.5, 0.6) is 0 Å². The van der Waals surface area contributed by atoms with Crippen molar-refractivity contribution in [1.29, 1.82) is 0 Å². The van der Waals surface area contributed by atoms with Gasteiger partial charge in [0.05, 0.1) is 12.7 Å². The van der Waals surface area contributed by atoms with Gasteiger partial charge in [-0.25, -0.2) is 4.89 Å². The normalized spacial score (nSPS) is 13.7. The number of rotatable bonds is 5. The van der Waals surface area contributed by atoms with Crippen LogP contribution in [0, 0.1) is 0 Å². The molecule has 0 aliphatic carbocycles. The molecule has 0 rings (SSSR count). The Hall–Kier alpha value is -0.120. The third kappa shape index (κ3) is 7.88.